The van der Waals surface area contributed by atoms with E-state index >= 15 is 0 Å². The minimum atomic E-state index is -0.550. The first-order valence-electron chi connectivity index (χ1n) is 6.21. The lowest BCUT2D eigenvalue weighted by Gasteiger charge is -2.05. The molecule has 0 aliphatic carbocycles. The molecular weight excluding hydrogens is 266 g/mol. The molecule has 0 unspecified atom stereocenters. The van der Waals surface area contributed by atoms with E-state index in [2.05, 4.69) is 10.6 Å². The van der Waals surface area contributed by atoms with E-state index in [1.54, 1.807) is 12.1 Å². The van der Waals surface area contributed by atoms with Crippen molar-refractivity contribution in [2.45, 2.75) is 0 Å². The van der Waals surface area contributed by atoms with Crippen LogP contribution in [0.4, 0.5) is 11.4 Å². The molecule has 21 heavy (non-hydrogen) atoms. The lowest BCUT2D eigenvalue weighted by Crippen LogP contribution is -2.14. The van der Waals surface area contributed by atoms with E-state index in [0.717, 1.165) is 5.69 Å². The normalized spacial score (nSPS) is 10.5. The van der Waals surface area contributed by atoms with Crippen LogP contribution >= 0.6 is 0 Å². The van der Waals surface area contributed by atoms with Gasteiger partial charge >= 0.3 is 0 Å². The monoisotopic (exact) mass is 279 g/mol. The van der Waals surface area contributed by atoms with E-state index in [1.165, 1.54) is 18.3 Å². The highest BCUT2D eigenvalue weighted by molar-refractivity contribution is 6.06. The van der Waals surface area contributed by atoms with Crippen LogP contribution < -0.4 is 10.6 Å². The highest BCUT2D eigenvalue weighted by Crippen LogP contribution is 2.16. The molecule has 3 N–H and O–H groups in total. The van der Waals surface area contributed by atoms with E-state index in [9.17, 15) is 9.90 Å². The third-order valence-electron chi connectivity index (χ3n) is 2.63. The fraction of sp³-hybridized carbons (Fsp3) is 0. The van der Waals surface area contributed by atoms with Crippen LogP contribution in [0.15, 0.2) is 66.4 Å². The molecule has 0 atom stereocenters. The predicted molar refractivity (Wildman–Crippen MR) is 80.5 cm³/mol. The van der Waals surface area contributed by atoms with Crippen LogP contribution in [0.1, 0.15) is 0 Å². The van der Waals surface area contributed by atoms with Gasteiger partial charge in [0.2, 0.25) is 0 Å². The average molecular weight is 279 g/mol. The Labute approximate surface area is 122 Å². The highest BCUT2D eigenvalue weighted by atomic mass is 16.3. The fourth-order valence-corrected chi connectivity index (χ4v) is 1.62. The zero-order valence-corrected chi connectivity index (χ0v) is 11.1. The second kappa shape index (κ2) is 6.78. The number of anilines is 2. The molecule has 104 valence electrons. The molecule has 0 aliphatic heterocycles. The van der Waals surface area contributed by atoms with Gasteiger partial charge in [-0.2, -0.15) is 5.26 Å². The second-order valence-electron chi connectivity index (χ2n) is 4.18. The Kier molecular flexibility index (Phi) is 4.57. The van der Waals surface area contributed by atoms with Gasteiger partial charge in [-0.1, -0.05) is 24.3 Å². The summed E-state index contributed by atoms with van der Waals surface area (Å²) in [5.41, 5.74) is 1.12. The molecule has 5 nitrogen and oxygen atoms in total. The molecule has 0 spiro atoms. The Morgan fingerprint density at radius 1 is 1.10 bits per heavy atom. The van der Waals surface area contributed by atoms with Gasteiger partial charge in [0.1, 0.15) is 17.4 Å². The maximum absolute atomic E-state index is 12.0. The summed E-state index contributed by atoms with van der Waals surface area (Å²) in [4.78, 5) is 12.0. The summed E-state index contributed by atoms with van der Waals surface area (Å²) in [6.07, 6.45) is 1.34. The Hall–Kier alpha value is -3.26. The lowest BCUT2D eigenvalue weighted by atomic mass is 10.2. The molecule has 2 rings (SSSR count). The first-order valence-corrected chi connectivity index (χ1v) is 6.21. The number of rotatable bonds is 4. The van der Waals surface area contributed by atoms with Crippen LogP contribution in [0.3, 0.4) is 0 Å². The molecule has 2 aromatic rings. The van der Waals surface area contributed by atoms with Gasteiger partial charge in [-0.3, -0.25) is 4.79 Å². The van der Waals surface area contributed by atoms with E-state index in [-0.39, 0.29) is 11.3 Å². The topological polar surface area (TPSA) is 85.2 Å². The maximum Gasteiger partial charge on any atom is 0.267 e. The van der Waals surface area contributed by atoms with E-state index in [0.29, 0.717) is 5.69 Å². The zero-order chi connectivity index (χ0) is 15.1. The third-order valence-corrected chi connectivity index (χ3v) is 2.63. The summed E-state index contributed by atoms with van der Waals surface area (Å²) in [6, 6.07) is 17.1. The number of hydrogen-bond acceptors (Lipinski definition) is 4. The van der Waals surface area contributed by atoms with Gasteiger partial charge in [0.05, 0.1) is 0 Å². The summed E-state index contributed by atoms with van der Waals surface area (Å²) < 4.78 is 0. The molecule has 2 aromatic carbocycles. The molecule has 0 fully saturated rings. The minimum absolute atomic E-state index is 0.0395. The van der Waals surface area contributed by atoms with Crippen molar-refractivity contribution in [3.8, 4) is 11.8 Å². The number of carbonyl (C=O) groups is 1. The zero-order valence-electron chi connectivity index (χ0n) is 11.1. The van der Waals surface area contributed by atoms with E-state index in [1.807, 2.05) is 36.4 Å². The fourth-order valence-electron chi connectivity index (χ4n) is 1.62. The van der Waals surface area contributed by atoms with E-state index < -0.39 is 5.91 Å². The van der Waals surface area contributed by atoms with Crippen molar-refractivity contribution in [3.63, 3.8) is 0 Å². The standard InChI is InChI=1S/C16H13N3O2/c17-10-12(11-18-13-5-2-1-3-6-13)16(21)19-14-7-4-8-15(20)9-14/h1-9,11,18,20H,(H,19,21)/b12-11-. The molecule has 0 saturated heterocycles. The molecule has 0 saturated carbocycles. The second-order valence-corrected chi connectivity index (χ2v) is 4.18. The van der Waals surface area contributed by atoms with Crippen molar-refractivity contribution in [1.29, 1.82) is 5.26 Å². The van der Waals surface area contributed by atoms with Crippen molar-refractivity contribution in [2.75, 3.05) is 10.6 Å². The quantitative estimate of drug-likeness (QED) is 0.593. The van der Waals surface area contributed by atoms with Crippen LogP contribution in [0, 0.1) is 11.3 Å². The number of amides is 1. The number of phenolic OH excluding ortho intramolecular Hbond substituents is 1. The Morgan fingerprint density at radius 3 is 2.48 bits per heavy atom. The number of nitrogens with zero attached hydrogens (tertiary/aromatic N) is 1. The first kappa shape index (κ1) is 14.2. The number of aromatic hydroxyl groups is 1. The molecule has 0 heterocycles. The first-order chi connectivity index (χ1) is 10.2. The molecule has 0 radical (unpaired) electrons. The van der Waals surface area contributed by atoms with Crippen molar-refractivity contribution < 1.29 is 9.90 Å². The number of nitrogens with one attached hydrogen (secondary N) is 2. The molecule has 5 heteroatoms. The minimum Gasteiger partial charge on any atom is -0.508 e. The molecule has 1 amide bonds. The summed E-state index contributed by atoms with van der Waals surface area (Å²) in [7, 11) is 0. The van der Waals surface area contributed by atoms with Crippen molar-refractivity contribution >= 4 is 17.3 Å². The van der Waals surface area contributed by atoms with E-state index in [4.69, 9.17) is 5.26 Å². The number of nitriles is 1. The third kappa shape index (κ3) is 4.11. The van der Waals surface area contributed by atoms with Crippen molar-refractivity contribution in [3.05, 3.63) is 66.4 Å². The van der Waals surface area contributed by atoms with Crippen molar-refractivity contribution in [1.82, 2.24) is 0 Å². The number of carbonyl (C=O) groups excluding carboxylic acids is 1. The predicted octanol–water partition coefficient (Wildman–Crippen LogP) is 2.85. The highest BCUT2D eigenvalue weighted by Gasteiger charge is 2.09. The van der Waals surface area contributed by atoms with Gasteiger partial charge in [-0.25, -0.2) is 0 Å². The molecule has 0 bridgehead atoms. The number of para-hydroxylation sites is 1. The molecule has 0 aliphatic rings. The smallest absolute Gasteiger partial charge is 0.267 e. The Bertz CT molecular complexity index is 703. The van der Waals surface area contributed by atoms with Crippen LogP contribution in [-0.2, 0) is 4.79 Å². The number of benzene rings is 2. The number of phenols is 1. The SMILES string of the molecule is N#C/C(=C/Nc1ccccc1)C(=O)Nc1cccc(O)c1. The largest absolute Gasteiger partial charge is 0.508 e. The van der Waals surface area contributed by atoms with Gasteiger partial charge in [-0.15, -0.1) is 0 Å². The van der Waals surface area contributed by atoms with Gasteiger partial charge in [0.15, 0.2) is 0 Å². The van der Waals surface area contributed by atoms with Gasteiger partial charge in [-0.05, 0) is 24.3 Å². The summed E-state index contributed by atoms with van der Waals surface area (Å²) in [5, 5.41) is 23.8. The Morgan fingerprint density at radius 2 is 1.81 bits per heavy atom. The average Bonchev–Trinajstić information content (AvgIpc) is 2.49. The van der Waals surface area contributed by atoms with Gasteiger partial charge in [0.25, 0.3) is 5.91 Å². The molecule has 0 aromatic heterocycles. The summed E-state index contributed by atoms with van der Waals surface area (Å²) in [5.74, 6) is -0.510. The van der Waals surface area contributed by atoms with Crippen LogP contribution in [0.25, 0.3) is 0 Å². The summed E-state index contributed by atoms with van der Waals surface area (Å²) in [6.45, 7) is 0. The van der Waals surface area contributed by atoms with Crippen molar-refractivity contribution in [2.24, 2.45) is 0 Å². The lowest BCUT2D eigenvalue weighted by molar-refractivity contribution is -0.112. The van der Waals surface area contributed by atoms with Gasteiger partial charge in [0, 0.05) is 23.6 Å². The number of hydrogen-bond donors (Lipinski definition) is 3. The van der Waals surface area contributed by atoms with Crippen LogP contribution in [0.2, 0.25) is 0 Å². The summed E-state index contributed by atoms with van der Waals surface area (Å²) >= 11 is 0. The van der Waals surface area contributed by atoms with Gasteiger partial charge < -0.3 is 15.7 Å². The Balaban J connectivity index is 2.07. The van der Waals surface area contributed by atoms with Crippen LogP contribution in [-0.4, -0.2) is 11.0 Å². The molecular formula is C16H13N3O2. The van der Waals surface area contributed by atoms with Crippen LogP contribution in [0.5, 0.6) is 5.75 Å². The maximum atomic E-state index is 12.0.